The van der Waals surface area contributed by atoms with E-state index in [1.807, 2.05) is 0 Å². The van der Waals surface area contributed by atoms with Gasteiger partial charge < -0.3 is 19.5 Å². The van der Waals surface area contributed by atoms with Gasteiger partial charge in [-0.2, -0.15) is 0 Å². The van der Waals surface area contributed by atoms with Gasteiger partial charge in [-0.05, 0) is 23.8 Å². The molecule has 1 N–H and O–H groups in total. The highest BCUT2D eigenvalue weighted by molar-refractivity contribution is 6.34. The van der Waals surface area contributed by atoms with Gasteiger partial charge in [0.15, 0.2) is 23.1 Å². The third-order valence-corrected chi connectivity index (χ3v) is 3.81. The van der Waals surface area contributed by atoms with Crippen LogP contribution in [-0.2, 0) is 4.79 Å². The van der Waals surface area contributed by atoms with Crippen molar-refractivity contribution in [1.82, 2.24) is 0 Å². The molecule has 0 atom stereocenters. The molecule has 0 aliphatic carbocycles. The number of hydrogen-bond donors (Lipinski definition) is 1. The van der Waals surface area contributed by atoms with Crippen LogP contribution in [0.3, 0.4) is 0 Å². The number of nitrogens with one attached hydrogen (secondary N) is 1. The van der Waals surface area contributed by atoms with Crippen molar-refractivity contribution in [1.29, 1.82) is 0 Å². The first-order valence-corrected chi connectivity index (χ1v) is 7.86. The fourth-order valence-corrected chi connectivity index (χ4v) is 2.49. The van der Waals surface area contributed by atoms with E-state index in [1.54, 1.807) is 18.2 Å². The molecule has 0 radical (unpaired) electrons. The number of anilines is 1. The molecular weight excluding hydrogens is 349 g/mol. The molecule has 25 heavy (non-hydrogen) atoms. The van der Waals surface area contributed by atoms with Gasteiger partial charge in [0.1, 0.15) is 13.2 Å². The molecule has 2 aromatic rings. The molecule has 1 amide bonds. The lowest BCUT2D eigenvalue weighted by Gasteiger charge is -2.19. The van der Waals surface area contributed by atoms with E-state index in [0.717, 1.165) is 0 Å². The van der Waals surface area contributed by atoms with Crippen molar-refractivity contribution in [2.24, 2.45) is 0 Å². The molecule has 0 unspecified atom stereocenters. The van der Waals surface area contributed by atoms with Crippen LogP contribution in [-0.4, -0.2) is 26.2 Å². The quantitative estimate of drug-likeness (QED) is 0.837. The van der Waals surface area contributed by atoms with Gasteiger partial charge in [0.25, 0.3) is 0 Å². The Morgan fingerprint density at radius 1 is 1.24 bits per heavy atom. The molecule has 0 bridgehead atoms. The molecule has 3 rings (SSSR count). The Bertz CT molecular complexity index is 838. The Hall–Kier alpha value is -2.73. The predicted molar refractivity (Wildman–Crippen MR) is 93.1 cm³/mol. The molecule has 2 aromatic carbocycles. The highest BCUT2D eigenvalue weighted by Gasteiger charge is 2.15. The number of fused-ring (bicyclic) bond motifs is 1. The SMILES string of the molecule is COc1ccc(/C=C/C(=O)Nc2cc3c(cc2Cl)OCCO3)cc1F. The van der Waals surface area contributed by atoms with Gasteiger partial charge in [-0.15, -0.1) is 0 Å². The minimum atomic E-state index is -0.500. The second-order valence-electron chi connectivity index (χ2n) is 5.19. The minimum absolute atomic E-state index is 0.143. The molecule has 0 fully saturated rings. The molecule has 1 aliphatic rings. The van der Waals surface area contributed by atoms with Crippen LogP contribution >= 0.6 is 11.6 Å². The Morgan fingerprint density at radius 2 is 1.96 bits per heavy atom. The van der Waals surface area contributed by atoms with Gasteiger partial charge >= 0.3 is 0 Å². The van der Waals surface area contributed by atoms with Crippen molar-refractivity contribution in [3.8, 4) is 17.2 Å². The first-order chi connectivity index (χ1) is 12.1. The van der Waals surface area contributed by atoms with Gasteiger partial charge in [-0.3, -0.25) is 4.79 Å². The standard InChI is InChI=1S/C18H15ClFNO4/c1-23-15-4-2-11(8-13(15)20)3-5-18(22)21-14-10-17-16(9-12(14)19)24-6-7-25-17/h2-5,8-10H,6-7H2,1H3,(H,21,22)/b5-3+. The summed E-state index contributed by atoms with van der Waals surface area (Å²) >= 11 is 6.14. The van der Waals surface area contributed by atoms with E-state index in [-0.39, 0.29) is 5.75 Å². The average Bonchev–Trinajstić information content (AvgIpc) is 2.61. The number of amides is 1. The predicted octanol–water partition coefficient (Wildman–Crippen LogP) is 3.91. The lowest BCUT2D eigenvalue weighted by Crippen LogP contribution is -2.16. The van der Waals surface area contributed by atoms with Gasteiger partial charge in [0.2, 0.25) is 5.91 Å². The second kappa shape index (κ2) is 7.44. The van der Waals surface area contributed by atoms with Crippen LogP contribution in [0.5, 0.6) is 17.2 Å². The fourth-order valence-electron chi connectivity index (χ4n) is 2.29. The molecule has 0 aromatic heterocycles. The summed E-state index contributed by atoms with van der Waals surface area (Å²) in [5.41, 5.74) is 0.934. The zero-order chi connectivity index (χ0) is 17.8. The van der Waals surface area contributed by atoms with Gasteiger partial charge in [0.05, 0.1) is 17.8 Å². The van der Waals surface area contributed by atoms with E-state index in [2.05, 4.69) is 5.32 Å². The number of rotatable bonds is 4. The molecule has 5 nitrogen and oxygen atoms in total. The Morgan fingerprint density at radius 3 is 2.64 bits per heavy atom. The zero-order valence-corrected chi connectivity index (χ0v) is 14.1. The molecular formula is C18H15ClFNO4. The largest absolute Gasteiger partial charge is 0.494 e. The van der Waals surface area contributed by atoms with Crippen molar-refractivity contribution < 1.29 is 23.4 Å². The number of carbonyl (C=O) groups excluding carboxylic acids is 1. The van der Waals surface area contributed by atoms with Gasteiger partial charge in [-0.1, -0.05) is 17.7 Å². The number of hydrogen-bond acceptors (Lipinski definition) is 4. The highest BCUT2D eigenvalue weighted by atomic mass is 35.5. The van der Waals surface area contributed by atoms with E-state index < -0.39 is 11.7 Å². The van der Waals surface area contributed by atoms with Crippen LogP contribution in [0.15, 0.2) is 36.4 Å². The zero-order valence-electron chi connectivity index (χ0n) is 13.3. The monoisotopic (exact) mass is 363 g/mol. The summed E-state index contributed by atoms with van der Waals surface area (Å²) in [6, 6.07) is 7.61. The first-order valence-electron chi connectivity index (χ1n) is 7.48. The maximum absolute atomic E-state index is 13.6. The Labute approximate surface area is 149 Å². The molecule has 0 spiro atoms. The van der Waals surface area contributed by atoms with Crippen molar-refractivity contribution in [3.05, 3.63) is 52.8 Å². The molecule has 1 heterocycles. The minimum Gasteiger partial charge on any atom is -0.494 e. The van der Waals surface area contributed by atoms with Crippen LogP contribution in [0.1, 0.15) is 5.56 Å². The number of halogens is 2. The molecule has 0 saturated heterocycles. The topological polar surface area (TPSA) is 56.8 Å². The average molecular weight is 364 g/mol. The molecule has 0 saturated carbocycles. The smallest absolute Gasteiger partial charge is 0.248 e. The maximum atomic E-state index is 13.6. The van der Waals surface area contributed by atoms with Crippen molar-refractivity contribution in [2.45, 2.75) is 0 Å². The summed E-state index contributed by atoms with van der Waals surface area (Å²) in [7, 11) is 1.39. The number of ether oxygens (including phenoxy) is 3. The summed E-state index contributed by atoms with van der Waals surface area (Å²) in [6.45, 7) is 0.890. The maximum Gasteiger partial charge on any atom is 0.248 e. The van der Waals surface area contributed by atoms with Crippen molar-refractivity contribution >= 4 is 29.3 Å². The van der Waals surface area contributed by atoms with Crippen molar-refractivity contribution in [2.75, 3.05) is 25.6 Å². The molecule has 7 heteroatoms. The van der Waals surface area contributed by atoms with Crippen LogP contribution < -0.4 is 19.5 Å². The molecule has 1 aliphatic heterocycles. The lowest BCUT2D eigenvalue weighted by atomic mass is 10.2. The van der Waals surface area contributed by atoms with Crippen LogP contribution in [0.25, 0.3) is 6.08 Å². The number of carbonyl (C=O) groups is 1. The van der Waals surface area contributed by atoms with E-state index >= 15 is 0 Å². The summed E-state index contributed by atoms with van der Waals surface area (Å²) < 4.78 is 29.4. The Kier molecular flexibility index (Phi) is 5.09. The van der Waals surface area contributed by atoms with E-state index in [9.17, 15) is 9.18 Å². The lowest BCUT2D eigenvalue weighted by molar-refractivity contribution is -0.111. The second-order valence-corrected chi connectivity index (χ2v) is 5.60. The van der Waals surface area contributed by atoms with E-state index in [4.69, 9.17) is 25.8 Å². The summed E-state index contributed by atoms with van der Waals surface area (Å²) in [5, 5.41) is 2.99. The fraction of sp³-hybridized carbons (Fsp3) is 0.167. The third kappa shape index (κ3) is 4.03. The third-order valence-electron chi connectivity index (χ3n) is 3.49. The highest BCUT2D eigenvalue weighted by Crippen LogP contribution is 2.37. The van der Waals surface area contributed by atoms with E-state index in [1.165, 1.54) is 31.4 Å². The Balaban J connectivity index is 1.71. The summed E-state index contributed by atoms with van der Waals surface area (Å²) in [6.07, 6.45) is 2.78. The number of methoxy groups -OCH3 is 1. The van der Waals surface area contributed by atoms with Crippen LogP contribution in [0, 0.1) is 5.82 Å². The van der Waals surface area contributed by atoms with E-state index in [0.29, 0.717) is 41.0 Å². The van der Waals surface area contributed by atoms with Crippen LogP contribution in [0.2, 0.25) is 5.02 Å². The van der Waals surface area contributed by atoms with Crippen molar-refractivity contribution in [3.63, 3.8) is 0 Å². The molecule has 130 valence electrons. The first kappa shape index (κ1) is 17.1. The number of benzene rings is 2. The van der Waals surface area contributed by atoms with Gasteiger partial charge in [0, 0.05) is 18.2 Å². The summed E-state index contributed by atoms with van der Waals surface area (Å²) in [5.74, 6) is 0.296. The summed E-state index contributed by atoms with van der Waals surface area (Å²) in [4.78, 5) is 12.1. The van der Waals surface area contributed by atoms with Gasteiger partial charge in [-0.25, -0.2) is 4.39 Å². The normalized spacial score (nSPS) is 12.9. The van der Waals surface area contributed by atoms with Crippen LogP contribution in [0.4, 0.5) is 10.1 Å².